The average molecular weight is 347 g/mol. The van der Waals surface area contributed by atoms with Gasteiger partial charge in [-0.1, -0.05) is 30.8 Å². The molecule has 0 bridgehead atoms. The van der Waals surface area contributed by atoms with Gasteiger partial charge in [0.05, 0.1) is 12.9 Å². The van der Waals surface area contributed by atoms with E-state index in [-0.39, 0.29) is 5.91 Å². The summed E-state index contributed by atoms with van der Waals surface area (Å²) in [7, 11) is 1.61. The summed E-state index contributed by atoms with van der Waals surface area (Å²) >= 11 is 1.35. The molecule has 1 saturated heterocycles. The lowest BCUT2D eigenvalue weighted by Gasteiger charge is -2.30. The highest BCUT2D eigenvalue weighted by molar-refractivity contribution is 7.99. The molecule has 7 nitrogen and oxygen atoms in total. The molecule has 0 N–H and O–H groups in total. The van der Waals surface area contributed by atoms with E-state index in [0.717, 1.165) is 25.2 Å². The summed E-state index contributed by atoms with van der Waals surface area (Å²) in [6.45, 7) is 3.88. The van der Waals surface area contributed by atoms with E-state index in [2.05, 4.69) is 22.4 Å². The molecule has 128 valence electrons. The Balaban J connectivity index is 1.69. The van der Waals surface area contributed by atoms with E-state index in [9.17, 15) is 4.79 Å². The van der Waals surface area contributed by atoms with Crippen LogP contribution in [0.4, 0.5) is 0 Å². The highest BCUT2D eigenvalue weighted by Crippen LogP contribution is 2.26. The van der Waals surface area contributed by atoms with Gasteiger partial charge in [0, 0.05) is 13.1 Å². The van der Waals surface area contributed by atoms with Crippen LogP contribution in [-0.2, 0) is 4.79 Å². The van der Waals surface area contributed by atoms with Crippen molar-refractivity contribution in [3.05, 3.63) is 24.3 Å². The van der Waals surface area contributed by atoms with E-state index in [1.54, 1.807) is 11.8 Å². The number of likely N-dealkylation sites (tertiary alicyclic amines) is 1. The lowest BCUT2D eigenvalue weighted by atomic mass is 10.0. The Kier molecular flexibility index (Phi) is 5.34. The summed E-state index contributed by atoms with van der Waals surface area (Å²) in [5.41, 5.74) is 0.756. The third-order valence-corrected chi connectivity index (χ3v) is 4.99. The second kappa shape index (κ2) is 7.65. The largest absolute Gasteiger partial charge is 0.494 e. The second-order valence-corrected chi connectivity index (χ2v) is 6.86. The molecule has 0 aliphatic carbocycles. The van der Waals surface area contributed by atoms with Gasteiger partial charge >= 0.3 is 0 Å². The highest BCUT2D eigenvalue weighted by Gasteiger charge is 2.22. The quantitative estimate of drug-likeness (QED) is 0.771. The molecule has 2 heterocycles. The number of piperidine rings is 1. The Hall–Kier alpha value is -2.09. The maximum absolute atomic E-state index is 12.4. The first kappa shape index (κ1) is 16.8. The van der Waals surface area contributed by atoms with Crippen molar-refractivity contribution in [3.8, 4) is 11.4 Å². The number of nitrogens with zero attached hydrogens (tertiary/aromatic N) is 5. The van der Waals surface area contributed by atoms with Crippen LogP contribution in [0.25, 0.3) is 5.69 Å². The molecule has 24 heavy (non-hydrogen) atoms. The van der Waals surface area contributed by atoms with Crippen LogP contribution < -0.4 is 4.74 Å². The molecule has 1 amide bonds. The standard InChI is InChI=1S/C16H21N5O2S/c1-12-6-5-9-20(10-12)15(22)11-24-16-17-18-19-21(16)13-7-3-4-8-14(13)23-2/h3-4,7-8,12H,5-6,9-11H2,1-2H3/t12-/m0/s1. The fourth-order valence-corrected chi connectivity index (χ4v) is 3.64. The number of methoxy groups -OCH3 is 1. The minimum Gasteiger partial charge on any atom is -0.494 e. The molecule has 1 aromatic carbocycles. The highest BCUT2D eigenvalue weighted by atomic mass is 32.2. The molecule has 1 atom stereocenters. The van der Waals surface area contributed by atoms with Crippen LogP contribution in [0.1, 0.15) is 19.8 Å². The molecular formula is C16H21N5O2S. The zero-order valence-electron chi connectivity index (χ0n) is 13.9. The summed E-state index contributed by atoms with van der Waals surface area (Å²) < 4.78 is 6.96. The number of tetrazole rings is 1. The van der Waals surface area contributed by atoms with Gasteiger partial charge in [-0.2, -0.15) is 4.68 Å². The number of carbonyl (C=O) groups excluding carboxylic acids is 1. The lowest BCUT2D eigenvalue weighted by Crippen LogP contribution is -2.40. The first-order valence-electron chi connectivity index (χ1n) is 8.01. The molecule has 1 aliphatic heterocycles. The number of carbonyl (C=O) groups is 1. The van der Waals surface area contributed by atoms with Crippen LogP contribution in [0.2, 0.25) is 0 Å². The van der Waals surface area contributed by atoms with Gasteiger partial charge < -0.3 is 9.64 Å². The number of aromatic nitrogens is 4. The van der Waals surface area contributed by atoms with Crippen molar-refractivity contribution in [2.24, 2.45) is 5.92 Å². The first-order chi connectivity index (χ1) is 11.7. The van der Waals surface area contributed by atoms with Crippen LogP contribution in [0.3, 0.4) is 0 Å². The minimum atomic E-state index is 0.140. The summed E-state index contributed by atoms with van der Waals surface area (Å²) in [4.78, 5) is 14.4. The fourth-order valence-electron chi connectivity index (χ4n) is 2.86. The Morgan fingerprint density at radius 2 is 2.25 bits per heavy atom. The van der Waals surface area contributed by atoms with Gasteiger partial charge in [0.15, 0.2) is 0 Å². The number of hydrogen-bond donors (Lipinski definition) is 0. The van der Waals surface area contributed by atoms with Crippen molar-refractivity contribution in [1.82, 2.24) is 25.1 Å². The van der Waals surface area contributed by atoms with E-state index >= 15 is 0 Å². The number of thioether (sulfide) groups is 1. The topological polar surface area (TPSA) is 73.1 Å². The zero-order chi connectivity index (χ0) is 16.9. The molecular weight excluding hydrogens is 326 g/mol. The van der Waals surface area contributed by atoms with Gasteiger partial charge in [-0.3, -0.25) is 4.79 Å². The molecule has 2 aromatic rings. The van der Waals surface area contributed by atoms with E-state index in [1.165, 1.54) is 18.2 Å². The van der Waals surface area contributed by atoms with Gasteiger partial charge in [0.25, 0.3) is 0 Å². The third kappa shape index (κ3) is 3.69. The maximum atomic E-state index is 12.4. The Labute approximate surface area is 145 Å². The molecule has 1 fully saturated rings. The Bertz CT molecular complexity index is 705. The molecule has 0 saturated carbocycles. The van der Waals surface area contributed by atoms with Crippen LogP contribution >= 0.6 is 11.8 Å². The first-order valence-corrected chi connectivity index (χ1v) is 9.00. The van der Waals surface area contributed by atoms with Crippen LogP contribution in [0.15, 0.2) is 29.4 Å². The van der Waals surface area contributed by atoms with Crippen LogP contribution in [0.5, 0.6) is 5.75 Å². The van der Waals surface area contributed by atoms with E-state index in [0.29, 0.717) is 22.6 Å². The third-order valence-electron chi connectivity index (χ3n) is 4.09. The summed E-state index contributed by atoms with van der Waals surface area (Å²) in [5.74, 6) is 1.73. The van der Waals surface area contributed by atoms with Crippen molar-refractivity contribution in [3.63, 3.8) is 0 Å². The molecule has 0 radical (unpaired) electrons. The van der Waals surface area contributed by atoms with Crippen molar-refractivity contribution < 1.29 is 9.53 Å². The summed E-state index contributed by atoms with van der Waals surface area (Å²) in [5, 5.41) is 12.4. The predicted octanol–water partition coefficient (Wildman–Crippen LogP) is 2.02. The lowest BCUT2D eigenvalue weighted by molar-refractivity contribution is -0.130. The number of benzene rings is 1. The van der Waals surface area contributed by atoms with Crippen LogP contribution in [0, 0.1) is 5.92 Å². The SMILES string of the molecule is COc1ccccc1-n1nnnc1SCC(=O)N1CCC[C@H](C)C1. The Morgan fingerprint density at radius 1 is 1.42 bits per heavy atom. The van der Waals surface area contributed by atoms with Crippen molar-refractivity contribution in [1.29, 1.82) is 0 Å². The number of ether oxygens (including phenoxy) is 1. The number of hydrogen-bond acceptors (Lipinski definition) is 6. The van der Waals surface area contributed by atoms with Gasteiger partial charge in [-0.15, -0.1) is 5.10 Å². The molecule has 0 spiro atoms. The van der Waals surface area contributed by atoms with Crippen molar-refractivity contribution in [2.45, 2.75) is 24.9 Å². The number of para-hydroxylation sites is 2. The molecule has 3 rings (SSSR count). The van der Waals surface area contributed by atoms with Gasteiger partial charge in [0.1, 0.15) is 11.4 Å². The predicted molar refractivity (Wildman–Crippen MR) is 91.4 cm³/mol. The second-order valence-electron chi connectivity index (χ2n) is 5.92. The number of rotatable bonds is 5. The average Bonchev–Trinajstić information content (AvgIpc) is 3.08. The van der Waals surface area contributed by atoms with E-state index in [4.69, 9.17) is 4.74 Å². The zero-order valence-corrected chi connectivity index (χ0v) is 14.7. The molecule has 1 aliphatic rings. The fraction of sp³-hybridized carbons (Fsp3) is 0.500. The van der Waals surface area contributed by atoms with Crippen molar-refractivity contribution >= 4 is 17.7 Å². The molecule has 0 unspecified atom stereocenters. The van der Waals surface area contributed by atoms with Gasteiger partial charge in [0.2, 0.25) is 11.1 Å². The summed E-state index contributed by atoms with van der Waals surface area (Å²) in [6, 6.07) is 7.52. The normalized spacial score (nSPS) is 17.8. The maximum Gasteiger partial charge on any atom is 0.233 e. The van der Waals surface area contributed by atoms with Gasteiger partial charge in [-0.05, 0) is 41.3 Å². The number of amides is 1. The van der Waals surface area contributed by atoms with E-state index in [1.807, 2.05) is 29.2 Å². The summed E-state index contributed by atoms with van der Waals surface area (Å²) in [6.07, 6.45) is 2.28. The molecule has 1 aromatic heterocycles. The van der Waals surface area contributed by atoms with Crippen molar-refractivity contribution in [2.75, 3.05) is 26.0 Å². The monoisotopic (exact) mass is 347 g/mol. The smallest absolute Gasteiger partial charge is 0.233 e. The molecule has 8 heteroatoms. The van der Waals surface area contributed by atoms with Crippen LogP contribution in [-0.4, -0.2) is 57.0 Å². The van der Waals surface area contributed by atoms with Gasteiger partial charge in [-0.25, -0.2) is 0 Å². The Morgan fingerprint density at radius 3 is 3.04 bits per heavy atom. The minimum absolute atomic E-state index is 0.140. The van der Waals surface area contributed by atoms with E-state index < -0.39 is 0 Å².